The lowest BCUT2D eigenvalue weighted by Crippen LogP contribution is -2.53. The summed E-state index contributed by atoms with van der Waals surface area (Å²) in [6.07, 6.45) is -1.45. The van der Waals surface area contributed by atoms with Crippen LogP contribution >= 0.6 is 16.5 Å². The third-order valence-electron chi connectivity index (χ3n) is 12.7. The number of benzene rings is 7. The molecule has 0 aromatic heterocycles. The molecule has 0 spiro atoms. The highest BCUT2D eigenvalue weighted by molar-refractivity contribution is 7.80. The van der Waals surface area contributed by atoms with Gasteiger partial charge in [-0.2, -0.15) is 0 Å². The minimum Gasteiger partial charge on any atom is -0.543 e. The van der Waals surface area contributed by atoms with Crippen molar-refractivity contribution in [2.24, 2.45) is 0 Å². The Hall–Kier alpha value is -4.94. The van der Waals surface area contributed by atoms with Gasteiger partial charge in [-0.1, -0.05) is 203 Å². The van der Waals surface area contributed by atoms with Crippen LogP contribution in [-0.4, -0.2) is 26.3 Å². The fourth-order valence-corrected chi connectivity index (χ4v) is 13.6. The molecule has 2 fully saturated rings. The van der Waals surface area contributed by atoms with Gasteiger partial charge < -0.3 is 18.4 Å². The third kappa shape index (κ3) is 8.40. The van der Waals surface area contributed by atoms with E-state index in [1.54, 1.807) is 0 Å². The number of hydrogen-bond acceptors (Lipinski definition) is 6. The summed E-state index contributed by atoms with van der Waals surface area (Å²) in [5.74, 6) is 0.445. The fraction of sp³-hybridized carbons (Fsp3) is 0.236. The molecule has 2 aliphatic rings. The predicted octanol–water partition coefficient (Wildman–Crippen LogP) is 12.9. The van der Waals surface area contributed by atoms with Gasteiger partial charge in [-0.05, 0) is 91.0 Å². The summed E-state index contributed by atoms with van der Waals surface area (Å²) in [7, 11) is -5.74. The van der Waals surface area contributed by atoms with E-state index < -0.39 is 54.0 Å². The number of rotatable bonds is 11. The molecular formula is C55H56O6P2Si. The van der Waals surface area contributed by atoms with Gasteiger partial charge in [0.1, 0.15) is 23.7 Å². The topological polar surface area (TPSA) is 55.4 Å². The molecule has 0 bridgehead atoms. The van der Waals surface area contributed by atoms with E-state index in [4.69, 9.17) is 27.5 Å². The van der Waals surface area contributed by atoms with Crippen LogP contribution in [0.2, 0.25) is 18.1 Å². The number of hydrogen-bond donors (Lipinski definition) is 0. The summed E-state index contributed by atoms with van der Waals surface area (Å²) in [6, 6.07) is 68.9. The SMILES string of the molecule is CC1(C)OC2C(O1)C(c1ccccc1)(c1ccccc1)OP(Oc1ccc(O[Si](C)(C)C(C)(C)C)cc1P(c1ccccc1)c1ccccc1)OC2(c1ccccc1)c1ccccc1. The molecule has 2 unspecified atom stereocenters. The van der Waals surface area contributed by atoms with E-state index in [9.17, 15) is 0 Å². The predicted molar refractivity (Wildman–Crippen MR) is 264 cm³/mol. The largest absolute Gasteiger partial charge is 0.543 e. The summed E-state index contributed by atoms with van der Waals surface area (Å²) < 4.78 is 44.6. The molecule has 0 radical (unpaired) electrons. The van der Waals surface area contributed by atoms with Crippen molar-refractivity contribution in [2.75, 3.05) is 0 Å². The molecule has 326 valence electrons. The molecule has 64 heavy (non-hydrogen) atoms. The zero-order valence-corrected chi connectivity index (χ0v) is 40.3. The van der Waals surface area contributed by atoms with E-state index in [0.717, 1.165) is 33.3 Å². The number of fused-ring (bicyclic) bond motifs is 1. The second-order valence-electron chi connectivity index (χ2n) is 18.4. The van der Waals surface area contributed by atoms with Gasteiger partial charge in [0, 0.05) is 5.30 Å². The Kier molecular flexibility index (Phi) is 12.3. The van der Waals surface area contributed by atoms with E-state index >= 15 is 0 Å². The van der Waals surface area contributed by atoms with Crippen LogP contribution in [0.1, 0.15) is 56.9 Å². The van der Waals surface area contributed by atoms with Crippen molar-refractivity contribution in [3.8, 4) is 11.5 Å². The summed E-state index contributed by atoms with van der Waals surface area (Å²) in [5, 5.41) is 3.34. The Morgan fingerprint density at radius 2 is 0.875 bits per heavy atom. The van der Waals surface area contributed by atoms with Crippen LogP contribution < -0.4 is 24.9 Å². The molecule has 0 N–H and O–H groups in total. The summed E-state index contributed by atoms with van der Waals surface area (Å²) in [6.45, 7) is 15.3. The van der Waals surface area contributed by atoms with Gasteiger partial charge in [0.15, 0.2) is 17.0 Å². The lowest BCUT2D eigenvalue weighted by atomic mass is 9.72. The first kappa shape index (κ1) is 44.3. The second-order valence-corrected chi connectivity index (χ2v) is 26.3. The minimum absolute atomic E-state index is 0.00955. The Bertz CT molecular complexity index is 2410. The van der Waals surface area contributed by atoms with Crippen molar-refractivity contribution in [1.29, 1.82) is 0 Å². The van der Waals surface area contributed by atoms with E-state index in [-0.39, 0.29) is 5.04 Å². The average molecular weight is 903 g/mol. The summed E-state index contributed by atoms with van der Waals surface area (Å²) in [4.78, 5) is 0. The van der Waals surface area contributed by atoms with Gasteiger partial charge in [0.2, 0.25) is 8.32 Å². The molecule has 0 amide bonds. The van der Waals surface area contributed by atoms with Crippen LogP contribution in [0.25, 0.3) is 0 Å². The van der Waals surface area contributed by atoms with Crippen molar-refractivity contribution in [1.82, 2.24) is 0 Å². The zero-order chi connectivity index (χ0) is 44.6. The molecule has 9 heteroatoms. The first-order valence-corrected chi connectivity index (χ1v) is 27.3. The summed E-state index contributed by atoms with van der Waals surface area (Å²) in [5.41, 5.74) is 1.03. The molecule has 0 aliphatic carbocycles. The van der Waals surface area contributed by atoms with Crippen LogP contribution in [0.3, 0.4) is 0 Å². The Morgan fingerprint density at radius 1 is 0.516 bits per heavy atom. The smallest absolute Gasteiger partial charge is 0.399 e. The van der Waals surface area contributed by atoms with Crippen LogP contribution in [0.15, 0.2) is 200 Å². The molecule has 2 heterocycles. The molecule has 7 aromatic rings. The Labute approximate surface area is 382 Å². The average Bonchev–Trinajstić information content (AvgIpc) is 3.59. The minimum atomic E-state index is -2.32. The highest BCUT2D eigenvalue weighted by Gasteiger charge is 2.67. The Morgan fingerprint density at radius 3 is 1.23 bits per heavy atom. The molecule has 2 saturated heterocycles. The van der Waals surface area contributed by atoms with Crippen molar-refractivity contribution in [3.05, 3.63) is 222 Å². The van der Waals surface area contributed by atoms with Crippen molar-refractivity contribution >= 4 is 40.8 Å². The van der Waals surface area contributed by atoms with Crippen LogP contribution in [0.4, 0.5) is 0 Å². The van der Waals surface area contributed by atoms with Crippen LogP contribution in [0.5, 0.6) is 11.5 Å². The lowest BCUT2D eigenvalue weighted by Gasteiger charge is -2.41. The first-order valence-electron chi connectivity index (χ1n) is 22.0. The van der Waals surface area contributed by atoms with E-state index in [0.29, 0.717) is 5.75 Å². The first-order chi connectivity index (χ1) is 30.8. The number of ether oxygens (including phenoxy) is 2. The second kappa shape index (κ2) is 17.8. The van der Waals surface area contributed by atoms with Crippen molar-refractivity contribution in [3.63, 3.8) is 0 Å². The molecule has 2 aliphatic heterocycles. The van der Waals surface area contributed by atoms with Crippen molar-refractivity contribution < 1.29 is 27.5 Å². The van der Waals surface area contributed by atoms with Gasteiger partial charge in [-0.15, -0.1) is 0 Å². The third-order valence-corrected chi connectivity index (χ3v) is 20.7. The van der Waals surface area contributed by atoms with Crippen LogP contribution in [-0.2, 0) is 29.7 Å². The van der Waals surface area contributed by atoms with Gasteiger partial charge >= 0.3 is 8.60 Å². The van der Waals surface area contributed by atoms with E-state index in [1.165, 1.54) is 10.6 Å². The molecule has 9 rings (SSSR count). The van der Waals surface area contributed by atoms with Gasteiger partial charge in [0.05, 0.1) is 0 Å². The maximum Gasteiger partial charge on any atom is 0.399 e. The highest BCUT2D eigenvalue weighted by Crippen LogP contribution is 2.65. The normalized spacial score (nSPS) is 20.2. The molecule has 2 atom stereocenters. The fourth-order valence-electron chi connectivity index (χ4n) is 8.62. The van der Waals surface area contributed by atoms with E-state index in [1.807, 2.05) is 92.7 Å². The van der Waals surface area contributed by atoms with Gasteiger partial charge in [0.25, 0.3) is 0 Å². The molecule has 0 saturated carbocycles. The maximum atomic E-state index is 7.78. The zero-order valence-electron chi connectivity index (χ0n) is 37.6. The molecule has 6 nitrogen and oxygen atoms in total. The monoisotopic (exact) mass is 902 g/mol. The summed E-state index contributed by atoms with van der Waals surface area (Å²) >= 11 is 0. The van der Waals surface area contributed by atoms with Gasteiger partial charge in [-0.3, -0.25) is 9.05 Å². The van der Waals surface area contributed by atoms with E-state index in [2.05, 4.69) is 155 Å². The maximum absolute atomic E-state index is 7.78. The van der Waals surface area contributed by atoms with Crippen LogP contribution in [0, 0.1) is 0 Å². The lowest BCUT2D eigenvalue weighted by molar-refractivity contribution is -0.175. The quantitative estimate of drug-likeness (QED) is 0.0952. The van der Waals surface area contributed by atoms with Gasteiger partial charge in [-0.25, -0.2) is 0 Å². The standard InChI is InChI=1S/C55H56O6P2Si/c1-52(2,3)64(6,7)59-45-38-39-48(49(40-45)62(46-34-22-12-23-35-46)47-36-24-13-25-37-47)58-63-60-54(41-26-14-8-15-27-41,42-28-16-9-17-29-42)50-51(57-53(4,5)56-50)55(61-63,43-30-18-10-19-31-43)44-32-20-11-21-33-44/h8-40,50-51H,1-7H3. The van der Waals surface area contributed by atoms with Crippen molar-refractivity contribution in [2.45, 2.75) is 81.9 Å². The highest BCUT2D eigenvalue weighted by atomic mass is 31.2. The Balaban J connectivity index is 1.31. The molecule has 7 aromatic carbocycles. The molecular weight excluding hydrogens is 847 g/mol.